The summed E-state index contributed by atoms with van der Waals surface area (Å²) in [5, 5.41) is 5.44. The van der Waals surface area contributed by atoms with Crippen LogP contribution >= 0.6 is 11.6 Å². The minimum absolute atomic E-state index is 0.574. The van der Waals surface area contributed by atoms with Crippen molar-refractivity contribution in [3.05, 3.63) is 95.2 Å². The van der Waals surface area contributed by atoms with Crippen LogP contribution in [0.4, 0.5) is 5.69 Å². The molecule has 0 spiro atoms. The van der Waals surface area contributed by atoms with Crippen LogP contribution in [0.1, 0.15) is 36.0 Å². The van der Waals surface area contributed by atoms with Crippen LogP contribution < -0.4 is 5.32 Å². The Morgan fingerprint density at radius 1 is 0.973 bits per heavy atom. The fourth-order valence-electron chi connectivity index (χ4n) is 5.24. The minimum atomic E-state index is 0.574. The van der Waals surface area contributed by atoms with Crippen molar-refractivity contribution in [3.63, 3.8) is 0 Å². The zero-order chi connectivity index (χ0) is 25.5. The molecule has 0 unspecified atom stereocenters. The summed E-state index contributed by atoms with van der Waals surface area (Å²) in [5.74, 6) is 0. The monoisotopic (exact) mass is 514 g/mol. The molecule has 1 fully saturated rings. The Hall–Kier alpha value is -3.06. The number of aryl methyl sites for hydroxylation is 1. The van der Waals surface area contributed by atoms with E-state index in [1.165, 1.54) is 29.5 Å². The molecule has 0 bridgehead atoms. The van der Waals surface area contributed by atoms with Crippen LogP contribution in [0.25, 0.3) is 10.9 Å². The van der Waals surface area contributed by atoms with Crippen LogP contribution in [-0.2, 0) is 13.1 Å². The number of anilines is 1. The Bertz CT molecular complexity index is 1290. The normalized spacial score (nSPS) is 14.9. The maximum atomic E-state index is 6.13. The van der Waals surface area contributed by atoms with Gasteiger partial charge in [0.05, 0.1) is 5.52 Å². The number of aromatic nitrogens is 3. The smallest absolute Gasteiger partial charge is 0.0737 e. The van der Waals surface area contributed by atoms with Crippen molar-refractivity contribution in [2.75, 3.05) is 31.5 Å². The Morgan fingerprint density at radius 3 is 2.59 bits per heavy atom. The molecule has 0 aliphatic carbocycles. The summed E-state index contributed by atoms with van der Waals surface area (Å²) in [4.78, 5) is 18.2. The van der Waals surface area contributed by atoms with Crippen molar-refractivity contribution in [1.82, 2.24) is 24.8 Å². The number of piperidine rings is 1. The first kappa shape index (κ1) is 25.6. The van der Waals surface area contributed by atoms with Crippen molar-refractivity contribution >= 4 is 28.2 Å². The zero-order valence-corrected chi connectivity index (χ0v) is 22.2. The molecule has 1 saturated heterocycles. The molecule has 4 heterocycles. The van der Waals surface area contributed by atoms with Crippen LogP contribution in [0, 0.1) is 6.92 Å². The first-order chi connectivity index (χ1) is 18.2. The van der Waals surface area contributed by atoms with Crippen LogP contribution in [-0.4, -0.2) is 57.0 Å². The van der Waals surface area contributed by atoms with Gasteiger partial charge < -0.3 is 10.2 Å². The highest BCUT2D eigenvalue weighted by atomic mass is 35.5. The van der Waals surface area contributed by atoms with Crippen molar-refractivity contribution in [3.8, 4) is 0 Å². The van der Waals surface area contributed by atoms with Gasteiger partial charge in [-0.15, -0.1) is 0 Å². The summed E-state index contributed by atoms with van der Waals surface area (Å²) in [5.41, 5.74) is 6.00. The average molecular weight is 515 g/mol. The van der Waals surface area contributed by atoms with Gasteiger partial charge in [0, 0.05) is 72.8 Å². The van der Waals surface area contributed by atoms with Crippen molar-refractivity contribution < 1.29 is 0 Å². The van der Waals surface area contributed by atoms with E-state index in [2.05, 4.69) is 55.2 Å². The topological polar surface area (TPSA) is 57.2 Å². The van der Waals surface area contributed by atoms with Gasteiger partial charge in [-0.2, -0.15) is 0 Å². The van der Waals surface area contributed by atoms with E-state index in [1.807, 2.05) is 55.2 Å². The van der Waals surface area contributed by atoms with E-state index in [4.69, 9.17) is 11.6 Å². The lowest BCUT2D eigenvalue weighted by Gasteiger charge is -2.39. The highest BCUT2D eigenvalue weighted by Crippen LogP contribution is 2.25. The molecule has 0 radical (unpaired) electrons. The summed E-state index contributed by atoms with van der Waals surface area (Å²) in [7, 11) is 0. The quantitative estimate of drug-likeness (QED) is 0.264. The van der Waals surface area contributed by atoms with Gasteiger partial charge in [-0.05, 0) is 105 Å². The predicted octanol–water partition coefficient (Wildman–Crippen LogP) is 5.96. The second-order valence-electron chi connectivity index (χ2n) is 9.94. The number of benzene rings is 1. The molecule has 4 aromatic rings. The molecule has 3 aromatic heterocycles. The van der Waals surface area contributed by atoms with Crippen LogP contribution in [0.2, 0.25) is 5.02 Å². The van der Waals surface area contributed by atoms with Gasteiger partial charge in [-0.25, -0.2) is 0 Å². The molecule has 1 aliphatic rings. The van der Waals surface area contributed by atoms with Gasteiger partial charge in [0.1, 0.15) is 0 Å². The van der Waals surface area contributed by atoms with Gasteiger partial charge in [-0.3, -0.25) is 19.9 Å². The van der Waals surface area contributed by atoms with E-state index < -0.39 is 0 Å². The predicted molar refractivity (Wildman–Crippen MR) is 152 cm³/mol. The Morgan fingerprint density at radius 2 is 1.78 bits per heavy atom. The van der Waals surface area contributed by atoms with Crippen molar-refractivity contribution in [1.29, 1.82) is 0 Å². The number of likely N-dealkylation sites (tertiary alicyclic amines) is 1. The first-order valence-corrected chi connectivity index (χ1v) is 13.6. The SMILES string of the molecule is Cc1cnccc1CN(Cc1ccncc1)C1CCN(CCCNc2ccnc3cc(Cl)ccc23)CC1. The van der Waals surface area contributed by atoms with Gasteiger partial charge in [0.15, 0.2) is 0 Å². The fraction of sp³-hybridized carbons (Fsp3) is 0.367. The van der Waals surface area contributed by atoms with E-state index in [1.54, 1.807) is 0 Å². The lowest BCUT2D eigenvalue weighted by Crippen LogP contribution is -2.44. The van der Waals surface area contributed by atoms with Gasteiger partial charge >= 0.3 is 0 Å². The second-order valence-corrected chi connectivity index (χ2v) is 10.4. The van der Waals surface area contributed by atoms with E-state index in [9.17, 15) is 0 Å². The number of fused-ring (bicyclic) bond motifs is 1. The van der Waals surface area contributed by atoms with Crippen LogP contribution in [0.5, 0.6) is 0 Å². The summed E-state index contributed by atoms with van der Waals surface area (Å²) >= 11 is 6.13. The molecule has 1 aromatic carbocycles. The molecule has 0 saturated carbocycles. The minimum Gasteiger partial charge on any atom is -0.384 e. The summed E-state index contributed by atoms with van der Waals surface area (Å²) in [6.45, 7) is 8.40. The molecule has 1 aliphatic heterocycles. The standard InChI is InChI=1S/C30H35ClN6/c1-23-20-33-14-7-25(23)22-37(21-24-5-12-32-13-6-24)27-9-17-36(18-10-27)16-2-11-34-29-8-15-35-30-19-26(31)3-4-28(29)30/h3-8,12-15,19-20,27H,2,9-11,16-18,21-22H2,1H3,(H,34,35). The highest BCUT2D eigenvalue weighted by molar-refractivity contribution is 6.31. The third kappa shape index (κ3) is 6.83. The lowest BCUT2D eigenvalue weighted by atomic mass is 10.0. The molecule has 7 heteroatoms. The largest absolute Gasteiger partial charge is 0.384 e. The number of pyridine rings is 3. The molecular formula is C30H35ClN6. The number of halogens is 1. The van der Waals surface area contributed by atoms with E-state index in [0.29, 0.717) is 6.04 Å². The molecular weight excluding hydrogens is 480 g/mol. The zero-order valence-electron chi connectivity index (χ0n) is 21.5. The number of nitrogens with one attached hydrogen (secondary N) is 1. The summed E-state index contributed by atoms with van der Waals surface area (Å²) < 4.78 is 0. The molecule has 1 N–H and O–H groups in total. The third-order valence-corrected chi connectivity index (χ3v) is 7.62. The molecule has 6 nitrogen and oxygen atoms in total. The molecule has 0 amide bonds. The number of rotatable bonds is 10. The highest BCUT2D eigenvalue weighted by Gasteiger charge is 2.25. The van der Waals surface area contributed by atoms with Gasteiger partial charge in [0.2, 0.25) is 0 Å². The molecule has 5 rings (SSSR count). The number of nitrogens with zero attached hydrogens (tertiary/aromatic N) is 5. The van der Waals surface area contributed by atoms with Crippen molar-refractivity contribution in [2.45, 2.75) is 45.3 Å². The number of hydrogen-bond donors (Lipinski definition) is 1. The van der Waals surface area contributed by atoms with Crippen LogP contribution in [0.3, 0.4) is 0 Å². The Kier molecular flexibility index (Phi) is 8.61. The first-order valence-electron chi connectivity index (χ1n) is 13.2. The maximum absolute atomic E-state index is 6.13. The molecule has 192 valence electrons. The van der Waals surface area contributed by atoms with Gasteiger partial charge in [-0.1, -0.05) is 11.6 Å². The third-order valence-electron chi connectivity index (χ3n) is 7.39. The summed E-state index contributed by atoms with van der Waals surface area (Å²) in [6, 6.07) is 14.9. The Labute approximate surface area is 224 Å². The lowest BCUT2D eigenvalue weighted by molar-refractivity contribution is 0.0962. The second kappa shape index (κ2) is 12.5. The van der Waals surface area contributed by atoms with E-state index >= 15 is 0 Å². The fourth-order valence-corrected chi connectivity index (χ4v) is 5.41. The van der Waals surface area contributed by atoms with Crippen LogP contribution in [0.15, 0.2) is 73.4 Å². The molecule has 37 heavy (non-hydrogen) atoms. The molecule has 0 atom stereocenters. The van der Waals surface area contributed by atoms with E-state index in [0.717, 1.165) is 67.3 Å². The summed E-state index contributed by atoms with van der Waals surface area (Å²) in [6.07, 6.45) is 13.0. The van der Waals surface area contributed by atoms with Crippen molar-refractivity contribution in [2.24, 2.45) is 0 Å². The van der Waals surface area contributed by atoms with E-state index in [-0.39, 0.29) is 0 Å². The average Bonchev–Trinajstić information content (AvgIpc) is 2.93. The number of hydrogen-bond acceptors (Lipinski definition) is 6. The maximum Gasteiger partial charge on any atom is 0.0737 e. The Balaban J connectivity index is 1.13. The van der Waals surface area contributed by atoms with Gasteiger partial charge in [0.25, 0.3) is 0 Å².